The maximum atomic E-state index is 9.85. The number of hydrogen-bond acceptors (Lipinski definition) is 6. The third-order valence-corrected chi connectivity index (χ3v) is 3.43. The van der Waals surface area contributed by atoms with Crippen molar-refractivity contribution in [1.82, 2.24) is 14.8 Å². The summed E-state index contributed by atoms with van der Waals surface area (Å²) in [6, 6.07) is 4.15. The van der Waals surface area contributed by atoms with Crippen LogP contribution in [-0.4, -0.2) is 59.2 Å². The van der Waals surface area contributed by atoms with E-state index in [1.54, 1.807) is 6.20 Å². The van der Waals surface area contributed by atoms with Crippen LogP contribution in [0.4, 0.5) is 5.69 Å². The lowest BCUT2D eigenvalue weighted by molar-refractivity contribution is 0.168. The highest BCUT2D eigenvalue weighted by atomic mass is 16.3. The fourth-order valence-electron chi connectivity index (χ4n) is 2.63. The van der Waals surface area contributed by atoms with E-state index < -0.39 is 0 Å². The SMILES string of the molecule is CN(C)CC1CC(O)CN1Cc1cc(NN)ccn1. The molecule has 1 saturated heterocycles. The van der Waals surface area contributed by atoms with Crippen LogP contribution in [0.2, 0.25) is 0 Å². The summed E-state index contributed by atoms with van der Waals surface area (Å²) in [5, 5.41) is 9.85. The van der Waals surface area contributed by atoms with Gasteiger partial charge in [0, 0.05) is 31.9 Å². The number of hydrogen-bond donors (Lipinski definition) is 3. The summed E-state index contributed by atoms with van der Waals surface area (Å²) in [4.78, 5) is 8.80. The Kier molecular flexibility index (Phi) is 4.71. The quantitative estimate of drug-likeness (QED) is 0.508. The maximum Gasteiger partial charge on any atom is 0.0682 e. The number of rotatable bonds is 5. The smallest absolute Gasteiger partial charge is 0.0682 e. The van der Waals surface area contributed by atoms with Crippen molar-refractivity contribution in [3.63, 3.8) is 0 Å². The highest BCUT2D eigenvalue weighted by molar-refractivity contribution is 5.41. The number of pyridine rings is 1. The van der Waals surface area contributed by atoms with E-state index >= 15 is 0 Å². The van der Waals surface area contributed by atoms with Crippen molar-refractivity contribution in [2.24, 2.45) is 5.84 Å². The van der Waals surface area contributed by atoms with Crippen molar-refractivity contribution in [2.75, 3.05) is 32.6 Å². The van der Waals surface area contributed by atoms with Crippen molar-refractivity contribution in [1.29, 1.82) is 0 Å². The van der Waals surface area contributed by atoms with E-state index in [0.29, 0.717) is 12.6 Å². The van der Waals surface area contributed by atoms with Gasteiger partial charge in [-0.1, -0.05) is 0 Å². The Morgan fingerprint density at radius 2 is 2.37 bits per heavy atom. The van der Waals surface area contributed by atoms with Gasteiger partial charge in [0.1, 0.15) is 0 Å². The first-order valence-electron chi connectivity index (χ1n) is 6.57. The summed E-state index contributed by atoms with van der Waals surface area (Å²) in [7, 11) is 4.11. The minimum atomic E-state index is -0.235. The van der Waals surface area contributed by atoms with Crippen LogP contribution in [0.3, 0.4) is 0 Å². The largest absolute Gasteiger partial charge is 0.392 e. The zero-order chi connectivity index (χ0) is 13.8. The first-order chi connectivity index (χ1) is 9.08. The van der Waals surface area contributed by atoms with Crippen molar-refractivity contribution in [3.8, 4) is 0 Å². The number of aliphatic hydroxyl groups is 1. The molecule has 1 aromatic rings. The Labute approximate surface area is 114 Å². The van der Waals surface area contributed by atoms with Gasteiger partial charge < -0.3 is 15.4 Å². The number of nitrogens with zero attached hydrogens (tertiary/aromatic N) is 3. The van der Waals surface area contributed by atoms with Gasteiger partial charge in [0.05, 0.1) is 17.5 Å². The number of aliphatic hydroxyl groups excluding tert-OH is 1. The van der Waals surface area contributed by atoms with Crippen LogP contribution in [0.1, 0.15) is 12.1 Å². The van der Waals surface area contributed by atoms with Crippen molar-refractivity contribution in [3.05, 3.63) is 24.0 Å². The van der Waals surface area contributed by atoms with Gasteiger partial charge in [-0.25, -0.2) is 0 Å². The molecule has 0 bridgehead atoms. The van der Waals surface area contributed by atoms with E-state index in [0.717, 1.165) is 30.9 Å². The van der Waals surface area contributed by atoms with E-state index in [4.69, 9.17) is 5.84 Å². The molecule has 0 radical (unpaired) electrons. The monoisotopic (exact) mass is 265 g/mol. The molecule has 0 aliphatic carbocycles. The molecule has 2 heterocycles. The van der Waals surface area contributed by atoms with Gasteiger partial charge in [-0.3, -0.25) is 15.7 Å². The van der Waals surface area contributed by atoms with Crippen molar-refractivity contribution >= 4 is 5.69 Å². The zero-order valence-corrected chi connectivity index (χ0v) is 11.6. The lowest BCUT2D eigenvalue weighted by Gasteiger charge is -2.26. The van der Waals surface area contributed by atoms with E-state index in [1.165, 1.54) is 0 Å². The average Bonchev–Trinajstić information content (AvgIpc) is 2.69. The second kappa shape index (κ2) is 6.29. The van der Waals surface area contributed by atoms with Crippen LogP contribution in [0.5, 0.6) is 0 Å². The van der Waals surface area contributed by atoms with Gasteiger partial charge in [0.15, 0.2) is 0 Å². The molecule has 0 spiro atoms. The molecule has 4 N–H and O–H groups in total. The number of nitrogens with one attached hydrogen (secondary N) is 1. The predicted molar refractivity (Wildman–Crippen MR) is 75.4 cm³/mol. The summed E-state index contributed by atoms with van der Waals surface area (Å²) >= 11 is 0. The molecular formula is C13H23N5O. The van der Waals surface area contributed by atoms with E-state index in [9.17, 15) is 5.11 Å². The van der Waals surface area contributed by atoms with Crippen LogP contribution < -0.4 is 11.3 Å². The topological polar surface area (TPSA) is 77.7 Å². The first-order valence-corrected chi connectivity index (χ1v) is 6.57. The molecule has 0 aromatic carbocycles. The number of likely N-dealkylation sites (N-methyl/N-ethyl adjacent to an activating group) is 1. The number of hydrazine groups is 1. The molecule has 0 amide bonds. The van der Waals surface area contributed by atoms with Crippen LogP contribution in [0.15, 0.2) is 18.3 Å². The Bertz CT molecular complexity index is 412. The summed E-state index contributed by atoms with van der Waals surface area (Å²) < 4.78 is 0. The number of nitrogens with two attached hydrogens (primary N) is 1. The molecule has 1 fully saturated rings. The Hall–Kier alpha value is -1.21. The maximum absolute atomic E-state index is 9.85. The molecule has 1 aromatic heterocycles. The lowest BCUT2D eigenvalue weighted by atomic mass is 10.2. The zero-order valence-electron chi connectivity index (χ0n) is 11.6. The van der Waals surface area contributed by atoms with Crippen LogP contribution >= 0.6 is 0 Å². The van der Waals surface area contributed by atoms with Gasteiger partial charge >= 0.3 is 0 Å². The lowest BCUT2D eigenvalue weighted by Crippen LogP contribution is -2.37. The summed E-state index contributed by atoms with van der Waals surface area (Å²) in [6.07, 6.45) is 2.34. The Morgan fingerprint density at radius 3 is 3.05 bits per heavy atom. The molecule has 2 unspecified atom stereocenters. The average molecular weight is 265 g/mol. The fourth-order valence-corrected chi connectivity index (χ4v) is 2.63. The highest BCUT2D eigenvalue weighted by Gasteiger charge is 2.31. The molecule has 106 valence electrons. The second-order valence-corrected chi connectivity index (χ2v) is 5.42. The fraction of sp³-hybridized carbons (Fsp3) is 0.615. The van der Waals surface area contributed by atoms with Crippen molar-refractivity contribution in [2.45, 2.75) is 25.1 Å². The third-order valence-electron chi connectivity index (χ3n) is 3.43. The molecule has 19 heavy (non-hydrogen) atoms. The molecule has 6 heteroatoms. The number of aromatic nitrogens is 1. The Morgan fingerprint density at radius 1 is 1.58 bits per heavy atom. The van der Waals surface area contributed by atoms with Gasteiger partial charge in [-0.05, 0) is 32.6 Å². The van der Waals surface area contributed by atoms with Crippen molar-refractivity contribution < 1.29 is 5.11 Å². The summed E-state index contributed by atoms with van der Waals surface area (Å²) in [6.45, 7) is 2.40. The number of anilines is 1. The van der Waals surface area contributed by atoms with Gasteiger partial charge in [0.25, 0.3) is 0 Å². The molecule has 1 aliphatic rings. The van der Waals surface area contributed by atoms with Gasteiger partial charge in [-0.15, -0.1) is 0 Å². The summed E-state index contributed by atoms with van der Waals surface area (Å²) in [5.41, 5.74) is 4.45. The standard InChI is InChI=1S/C13H23N5O/c1-17(2)8-12-6-13(19)9-18(12)7-11-5-10(16-14)3-4-15-11/h3-5,12-13,19H,6-9,14H2,1-2H3,(H,15,16). The van der Waals surface area contributed by atoms with E-state index in [-0.39, 0.29) is 6.10 Å². The first kappa shape index (κ1) is 14.2. The molecule has 1 aliphatic heterocycles. The third kappa shape index (κ3) is 3.87. The number of β-amino-alcohol motifs (C(OH)–C–C–N with tert-alkyl or cyclic N) is 1. The van der Waals surface area contributed by atoms with Crippen LogP contribution in [0, 0.1) is 0 Å². The molecular weight excluding hydrogens is 242 g/mol. The predicted octanol–water partition coefficient (Wildman–Crippen LogP) is -0.136. The minimum absolute atomic E-state index is 0.235. The summed E-state index contributed by atoms with van der Waals surface area (Å²) in [5.74, 6) is 5.40. The van der Waals surface area contributed by atoms with Crippen LogP contribution in [-0.2, 0) is 6.54 Å². The minimum Gasteiger partial charge on any atom is -0.392 e. The second-order valence-electron chi connectivity index (χ2n) is 5.42. The van der Waals surface area contributed by atoms with E-state index in [2.05, 4.69) is 34.3 Å². The number of likely N-dealkylation sites (tertiary alicyclic amines) is 1. The molecule has 6 nitrogen and oxygen atoms in total. The van der Waals surface area contributed by atoms with Crippen LogP contribution in [0.25, 0.3) is 0 Å². The number of nitrogen functional groups attached to an aromatic ring is 1. The Balaban J connectivity index is 2.03. The normalized spacial score (nSPS) is 24.1. The van der Waals surface area contributed by atoms with E-state index in [1.807, 2.05) is 12.1 Å². The van der Waals surface area contributed by atoms with Gasteiger partial charge in [-0.2, -0.15) is 0 Å². The molecule has 2 rings (SSSR count). The molecule has 2 atom stereocenters. The highest BCUT2D eigenvalue weighted by Crippen LogP contribution is 2.21. The van der Waals surface area contributed by atoms with Gasteiger partial charge in [0.2, 0.25) is 0 Å². The molecule has 0 saturated carbocycles.